The van der Waals surface area contributed by atoms with Crippen LogP contribution in [0.3, 0.4) is 0 Å². The predicted molar refractivity (Wildman–Crippen MR) is 111 cm³/mol. The summed E-state index contributed by atoms with van der Waals surface area (Å²) in [6, 6.07) is 4.25. The number of amides is 3. The lowest BCUT2D eigenvalue weighted by Gasteiger charge is -2.35. The van der Waals surface area contributed by atoms with E-state index in [2.05, 4.69) is 0 Å². The van der Waals surface area contributed by atoms with Crippen molar-refractivity contribution in [1.82, 2.24) is 9.80 Å². The number of likely N-dealkylation sites (N-methyl/N-ethyl adjacent to an activating group) is 1. The molecule has 180 valence electrons. The number of hydrogen-bond donors (Lipinski definition) is 0. The topological polar surface area (TPSA) is 84.0 Å². The van der Waals surface area contributed by atoms with Crippen molar-refractivity contribution in [3.63, 3.8) is 0 Å². The Bertz CT molecular complexity index is 948. The van der Waals surface area contributed by atoms with Crippen LogP contribution in [0.1, 0.15) is 50.7 Å². The van der Waals surface area contributed by atoms with Crippen molar-refractivity contribution in [2.24, 2.45) is 5.92 Å². The van der Waals surface area contributed by atoms with Crippen molar-refractivity contribution in [3.05, 3.63) is 35.4 Å². The summed E-state index contributed by atoms with van der Waals surface area (Å²) in [5.41, 5.74) is -2.69. The summed E-state index contributed by atoms with van der Waals surface area (Å²) >= 11 is 0. The minimum atomic E-state index is -4.64. The predicted octanol–water partition coefficient (Wildman–Crippen LogP) is 2.91. The maximum absolute atomic E-state index is 13.3. The molecule has 2 aliphatic rings. The Hall–Kier alpha value is -2.91. The molecule has 1 aromatic carbocycles. The normalized spacial score (nSPS) is 23.7. The Morgan fingerprint density at radius 3 is 2.55 bits per heavy atom. The number of halogens is 3. The van der Waals surface area contributed by atoms with Gasteiger partial charge in [0.1, 0.15) is 0 Å². The van der Waals surface area contributed by atoms with Gasteiger partial charge in [-0.1, -0.05) is 18.2 Å². The molecule has 0 unspecified atom stereocenters. The van der Waals surface area contributed by atoms with E-state index in [0.717, 1.165) is 17.0 Å². The summed E-state index contributed by atoms with van der Waals surface area (Å²) in [5, 5.41) is 0. The molecule has 0 radical (unpaired) electrons. The zero-order chi connectivity index (χ0) is 24.4. The first-order valence-corrected chi connectivity index (χ1v) is 11.0. The number of carbonyl (C=O) groups is 4. The van der Waals surface area contributed by atoms with Crippen LogP contribution >= 0.6 is 0 Å². The Labute approximate surface area is 189 Å². The second-order valence-corrected chi connectivity index (χ2v) is 8.39. The van der Waals surface area contributed by atoms with Gasteiger partial charge >= 0.3 is 12.1 Å². The smallest absolute Gasteiger partial charge is 0.416 e. The van der Waals surface area contributed by atoms with Gasteiger partial charge in [-0.3, -0.25) is 24.1 Å². The lowest BCUT2D eigenvalue weighted by atomic mass is 9.75. The average Bonchev–Trinajstić information content (AvgIpc) is 3.03. The molecule has 0 N–H and O–H groups in total. The first-order valence-electron chi connectivity index (χ1n) is 11.0. The van der Waals surface area contributed by atoms with Crippen LogP contribution in [0, 0.1) is 5.92 Å². The van der Waals surface area contributed by atoms with E-state index in [1.807, 2.05) is 0 Å². The molecular weight excluding hydrogens is 441 g/mol. The first kappa shape index (κ1) is 24.7. The van der Waals surface area contributed by atoms with E-state index in [1.165, 1.54) is 17.0 Å². The fourth-order valence-corrected chi connectivity index (χ4v) is 4.61. The van der Waals surface area contributed by atoms with Crippen LogP contribution in [0.5, 0.6) is 0 Å². The van der Waals surface area contributed by atoms with E-state index < -0.39 is 53.2 Å². The molecule has 2 fully saturated rings. The van der Waals surface area contributed by atoms with Crippen LogP contribution in [0.4, 0.5) is 13.2 Å². The maximum Gasteiger partial charge on any atom is 0.416 e. The highest BCUT2D eigenvalue weighted by molar-refractivity contribution is 6.10. The fourth-order valence-electron chi connectivity index (χ4n) is 4.61. The number of esters is 1. The van der Waals surface area contributed by atoms with Gasteiger partial charge in [0.2, 0.25) is 17.7 Å². The third kappa shape index (κ3) is 4.89. The highest BCUT2D eigenvalue weighted by Crippen LogP contribution is 2.42. The molecule has 2 heterocycles. The number of piperidine rings is 1. The summed E-state index contributed by atoms with van der Waals surface area (Å²) in [6.07, 6.45) is -4.37. The van der Waals surface area contributed by atoms with Crippen LogP contribution in [-0.2, 0) is 35.5 Å². The van der Waals surface area contributed by atoms with E-state index in [4.69, 9.17) is 4.74 Å². The first-order chi connectivity index (χ1) is 15.5. The molecule has 0 spiro atoms. The molecule has 3 rings (SSSR count). The van der Waals surface area contributed by atoms with Gasteiger partial charge in [0.05, 0.1) is 23.5 Å². The van der Waals surface area contributed by atoms with Gasteiger partial charge in [-0.25, -0.2) is 0 Å². The van der Waals surface area contributed by atoms with Crippen molar-refractivity contribution in [2.45, 2.75) is 51.1 Å². The molecule has 10 heteroatoms. The number of carbonyl (C=O) groups excluding carboxylic acids is 4. The molecule has 0 aliphatic carbocycles. The second-order valence-electron chi connectivity index (χ2n) is 8.39. The van der Waals surface area contributed by atoms with E-state index in [-0.39, 0.29) is 31.7 Å². The maximum atomic E-state index is 13.3. The molecule has 2 atom stereocenters. The Morgan fingerprint density at radius 1 is 1.21 bits per heavy atom. The van der Waals surface area contributed by atoms with E-state index in [1.54, 1.807) is 13.8 Å². The molecule has 0 saturated carbocycles. The standard InChI is InChI=1S/C23H27F3N2O5/c1-3-28-19(30)13-22(21(28)32,16-8-5-9-17(11-16)23(24,25)26)12-18(29)27-10-6-7-15(14-27)20(31)33-4-2/h5,8-9,11,15H,3-4,6-7,10,12-14H2,1-2H3/t15-,22+/m0/s1. The molecule has 0 aromatic heterocycles. The highest BCUT2D eigenvalue weighted by Gasteiger charge is 2.54. The van der Waals surface area contributed by atoms with Gasteiger partial charge in [0.25, 0.3) is 0 Å². The summed E-state index contributed by atoms with van der Waals surface area (Å²) in [7, 11) is 0. The molecule has 33 heavy (non-hydrogen) atoms. The zero-order valence-electron chi connectivity index (χ0n) is 18.6. The number of rotatable bonds is 6. The van der Waals surface area contributed by atoms with Crippen molar-refractivity contribution < 1.29 is 37.1 Å². The van der Waals surface area contributed by atoms with Crippen LogP contribution in [0.2, 0.25) is 0 Å². The largest absolute Gasteiger partial charge is 0.466 e. The summed E-state index contributed by atoms with van der Waals surface area (Å²) < 4.78 is 45.1. The van der Waals surface area contributed by atoms with E-state index in [9.17, 15) is 32.3 Å². The average molecular weight is 468 g/mol. The van der Waals surface area contributed by atoms with Crippen LogP contribution in [0.15, 0.2) is 24.3 Å². The Kier molecular flexibility index (Phi) is 7.14. The molecule has 0 bridgehead atoms. The second kappa shape index (κ2) is 9.52. The molecule has 3 amide bonds. The highest BCUT2D eigenvalue weighted by atomic mass is 19.4. The van der Waals surface area contributed by atoms with Crippen molar-refractivity contribution in [3.8, 4) is 0 Å². The lowest BCUT2D eigenvalue weighted by molar-refractivity contribution is -0.152. The third-order valence-electron chi connectivity index (χ3n) is 6.31. The SMILES string of the molecule is CCOC(=O)[C@H]1CCCN(C(=O)C[C@]2(c3cccc(C(F)(F)F)c3)CC(=O)N(CC)C2=O)C1. The number of alkyl halides is 3. The zero-order valence-corrected chi connectivity index (χ0v) is 18.6. The fraction of sp³-hybridized carbons (Fsp3) is 0.565. The van der Waals surface area contributed by atoms with Crippen molar-refractivity contribution in [1.29, 1.82) is 0 Å². The Morgan fingerprint density at radius 2 is 1.94 bits per heavy atom. The van der Waals surface area contributed by atoms with Gasteiger partial charge in [-0.2, -0.15) is 13.2 Å². The molecule has 2 aliphatic heterocycles. The van der Waals surface area contributed by atoms with Crippen LogP contribution in [0.25, 0.3) is 0 Å². The number of nitrogens with zero attached hydrogens (tertiary/aromatic N) is 2. The summed E-state index contributed by atoms with van der Waals surface area (Å²) in [4.78, 5) is 53.6. The number of imide groups is 1. The van der Waals surface area contributed by atoms with E-state index >= 15 is 0 Å². The van der Waals surface area contributed by atoms with Gasteiger partial charge in [0, 0.05) is 32.5 Å². The Balaban J connectivity index is 1.94. The molecule has 1 aromatic rings. The summed E-state index contributed by atoms with van der Waals surface area (Å²) in [5.74, 6) is -2.61. The number of hydrogen-bond acceptors (Lipinski definition) is 5. The van der Waals surface area contributed by atoms with E-state index in [0.29, 0.717) is 19.4 Å². The van der Waals surface area contributed by atoms with Crippen LogP contribution < -0.4 is 0 Å². The number of likely N-dealkylation sites (tertiary alicyclic amines) is 2. The minimum Gasteiger partial charge on any atom is -0.466 e. The van der Waals surface area contributed by atoms with Gasteiger partial charge in [0.15, 0.2) is 0 Å². The third-order valence-corrected chi connectivity index (χ3v) is 6.31. The number of benzene rings is 1. The molecule has 7 nitrogen and oxygen atoms in total. The van der Waals surface area contributed by atoms with Gasteiger partial charge in [-0.15, -0.1) is 0 Å². The lowest BCUT2D eigenvalue weighted by Crippen LogP contribution is -2.47. The quantitative estimate of drug-likeness (QED) is 0.474. The molecular formula is C23H27F3N2O5. The van der Waals surface area contributed by atoms with Crippen LogP contribution in [-0.4, -0.2) is 59.7 Å². The molecule has 2 saturated heterocycles. The minimum absolute atomic E-state index is 0.0149. The monoisotopic (exact) mass is 468 g/mol. The van der Waals surface area contributed by atoms with Gasteiger partial charge in [-0.05, 0) is 38.3 Å². The summed E-state index contributed by atoms with van der Waals surface area (Å²) in [6.45, 7) is 4.01. The van der Waals surface area contributed by atoms with Gasteiger partial charge < -0.3 is 9.64 Å². The van der Waals surface area contributed by atoms with Crippen molar-refractivity contribution in [2.75, 3.05) is 26.2 Å². The number of ether oxygens (including phenoxy) is 1. The van der Waals surface area contributed by atoms with Crippen molar-refractivity contribution >= 4 is 23.7 Å².